The Hall–Kier alpha value is -1.34. The molecule has 17 heavy (non-hydrogen) atoms. The molecule has 92 valence electrons. The second kappa shape index (κ2) is 7.86. The van der Waals surface area contributed by atoms with Gasteiger partial charge in [0.25, 0.3) is 0 Å². The van der Waals surface area contributed by atoms with E-state index in [1.807, 2.05) is 13.0 Å². The van der Waals surface area contributed by atoms with Gasteiger partial charge in [0.2, 0.25) is 0 Å². The molecule has 0 fully saturated rings. The van der Waals surface area contributed by atoms with Crippen molar-refractivity contribution in [1.82, 2.24) is 5.32 Å². The summed E-state index contributed by atoms with van der Waals surface area (Å²) in [6.07, 6.45) is 17.1. The van der Waals surface area contributed by atoms with Crippen LogP contribution in [0.25, 0.3) is 0 Å². The molecule has 1 rings (SSSR count). The number of nitrogens with one attached hydrogen (secondary N) is 1. The maximum Gasteiger partial charge on any atom is 0.0354 e. The average molecular weight is 229 g/mol. The first-order valence-electron chi connectivity index (χ1n) is 6.28. The Morgan fingerprint density at radius 2 is 2.41 bits per heavy atom. The van der Waals surface area contributed by atoms with Crippen LogP contribution in [-0.2, 0) is 0 Å². The summed E-state index contributed by atoms with van der Waals surface area (Å²) < 4.78 is 0. The highest BCUT2D eigenvalue weighted by Crippen LogP contribution is 2.17. The molecule has 0 saturated heterocycles. The molecule has 1 aliphatic rings. The third-order valence-corrected chi connectivity index (χ3v) is 2.82. The molecule has 0 aromatic carbocycles. The van der Waals surface area contributed by atoms with Crippen LogP contribution in [0.5, 0.6) is 0 Å². The summed E-state index contributed by atoms with van der Waals surface area (Å²) in [7, 11) is 0. The molecular formula is C16H23N. The lowest BCUT2D eigenvalue weighted by Crippen LogP contribution is -2.28. The summed E-state index contributed by atoms with van der Waals surface area (Å²) in [5, 5.41) is 3.55. The lowest BCUT2D eigenvalue weighted by atomic mass is 10.1. The van der Waals surface area contributed by atoms with E-state index in [0.717, 1.165) is 19.4 Å². The fourth-order valence-electron chi connectivity index (χ4n) is 1.92. The molecule has 0 spiro atoms. The maximum absolute atomic E-state index is 3.75. The van der Waals surface area contributed by atoms with Crippen LogP contribution in [0.4, 0.5) is 0 Å². The molecule has 0 heterocycles. The summed E-state index contributed by atoms with van der Waals surface area (Å²) in [5.74, 6) is 0. The van der Waals surface area contributed by atoms with Crippen LogP contribution in [-0.4, -0.2) is 12.6 Å². The Morgan fingerprint density at radius 1 is 1.59 bits per heavy atom. The molecule has 0 amide bonds. The summed E-state index contributed by atoms with van der Waals surface area (Å²) in [6, 6.07) is 0.476. The molecule has 1 atom stereocenters. The van der Waals surface area contributed by atoms with Crippen LogP contribution in [0.15, 0.2) is 60.3 Å². The van der Waals surface area contributed by atoms with E-state index in [9.17, 15) is 0 Å². The van der Waals surface area contributed by atoms with Crippen molar-refractivity contribution < 1.29 is 0 Å². The molecule has 1 heteroatoms. The average Bonchev–Trinajstić information content (AvgIpc) is 2.74. The molecule has 1 unspecified atom stereocenters. The van der Waals surface area contributed by atoms with Gasteiger partial charge in [0.1, 0.15) is 0 Å². The molecule has 0 saturated carbocycles. The lowest BCUT2D eigenvalue weighted by molar-refractivity contribution is 0.637. The van der Waals surface area contributed by atoms with Crippen molar-refractivity contribution in [2.24, 2.45) is 0 Å². The Morgan fingerprint density at radius 3 is 3.12 bits per heavy atom. The van der Waals surface area contributed by atoms with Gasteiger partial charge in [0.15, 0.2) is 0 Å². The molecule has 0 aromatic heterocycles. The molecule has 0 bridgehead atoms. The Balaban J connectivity index is 2.42. The first-order chi connectivity index (χ1) is 8.27. The largest absolute Gasteiger partial charge is 0.306 e. The quantitative estimate of drug-likeness (QED) is 0.537. The van der Waals surface area contributed by atoms with Gasteiger partial charge in [0.05, 0.1) is 0 Å². The summed E-state index contributed by atoms with van der Waals surface area (Å²) in [4.78, 5) is 0. The maximum atomic E-state index is 3.75. The van der Waals surface area contributed by atoms with Crippen LogP contribution in [0.2, 0.25) is 0 Å². The first-order valence-corrected chi connectivity index (χ1v) is 6.28. The van der Waals surface area contributed by atoms with Gasteiger partial charge in [-0.05, 0) is 32.3 Å². The van der Waals surface area contributed by atoms with E-state index in [-0.39, 0.29) is 0 Å². The van der Waals surface area contributed by atoms with Crippen LogP contribution >= 0.6 is 0 Å². The zero-order valence-electron chi connectivity index (χ0n) is 10.9. The van der Waals surface area contributed by atoms with Crippen molar-refractivity contribution >= 4 is 0 Å². The highest BCUT2D eigenvalue weighted by molar-refractivity contribution is 5.32. The van der Waals surface area contributed by atoms with E-state index in [1.54, 1.807) is 0 Å². The van der Waals surface area contributed by atoms with Crippen molar-refractivity contribution in [3.63, 3.8) is 0 Å². The van der Waals surface area contributed by atoms with E-state index < -0.39 is 0 Å². The predicted molar refractivity (Wildman–Crippen MR) is 77.0 cm³/mol. The van der Waals surface area contributed by atoms with Gasteiger partial charge in [-0.3, -0.25) is 0 Å². The van der Waals surface area contributed by atoms with E-state index in [2.05, 4.69) is 55.3 Å². The highest BCUT2D eigenvalue weighted by Gasteiger charge is 2.13. The molecular weight excluding hydrogens is 206 g/mol. The molecule has 1 N–H and O–H groups in total. The van der Waals surface area contributed by atoms with E-state index in [1.165, 1.54) is 11.1 Å². The third kappa shape index (κ3) is 5.01. The van der Waals surface area contributed by atoms with Crippen molar-refractivity contribution in [2.75, 3.05) is 6.54 Å². The minimum atomic E-state index is 0.476. The van der Waals surface area contributed by atoms with Crippen LogP contribution in [0, 0.1) is 0 Å². The zero-order chi connectivity index (χ0) is 12.5. The van der Waals surface area contributed by atoms with Crippen LogP contribution < -0.4 is 5.32 Å². The van der Waals surface area contributed by atoms with Gasteiger partial charge in [-0.2, -0.15) is 0 Å². The minimum Gasteiger partial charge on any atom is -0.306 e. The highest BCUT2D eigenvalue weighted by atomic mass is 14.9. The molecule has 1 aliphatic carbocycles. The van der Waals surface area contributed by atoms with E-state index in [0.29, 0.717) is 6.04 Å². The second-order valence-electron chi connectivity index (χ2n) is 4.28. The van der Waals surface area contributed by atoms with E-state index in [4.69, 9.17) is 0 Å². The summed E-state index contributed by atoms with van der Waals surface area (Å²) in [6.45, 7) is 8.84. The van der Waals surface area contributed by atoms with Crippen molar-refractivity contribution in [3.8, 4) is 0 Å². The fourth-order valence-corrected chi connectivity index (χ4v) is 1.92. The topological polar surface area (TPSA) is 12.0 Å². The number of rotatable bonds is 6. The number of hydrogen-bond donors (Lipinski definition) is 1. The molecule has 0 aliphatic heterocycles. The normalized spacial score (nSPS) is 22.8. The Labute approximate surface area is 105 Å². The standard InChI is InChI=1S/C16H23N/c1-4-6-9-15-10-7-11-16(15)17-13-12-14(3)8-5-2/h4-5,7-10,12,16-17H,1,6,11,13H2,2-3H3/b8-5-,14-12-,15-9-. The molecule has 0 aromatic rings. The van der Waals surface area contributed by atoms with Gasteiger partial charge in [-0.15, -0.1) is 6.58 Å². The van der Waals surface area contributed by atoms with Gasteiger partial charge in [-0.1, -0.05) is 48.1 Å². The predicted octanol–water partition coefficient (Wildman–Crippen LogP) is 3.93. The number of hydrogen-bond acceptors (Lipinski definition) is 1. The molecule has 1 nitrogen and oxygen atoms in total. The van der Waals surface area contributed by atoms with Gasteiger partial charge < -0.3 is 5.32 Å². The smallest absolute Gasteiger partial charge is 0.0354 e. The second-order valence-corrected chi connectivity index (χ2v) is 4.28. The lowest BCUT2D eigenvalue weighted by Gasteiger charge is -2.13. The zero-order valence-corrected chi connectivity index (χ0v) is 10.9. The van der Waals surface area contributed by atoms with E-state index >= 15 is 0 Å². The van der Waals surface area contributed by atoms with Crippen molar-refractivity contribution in [2.45, 2.75) is 32.7 Å². The van der Waals surface area contributed by atoms with Gasteiger partial charge in [0, 0.05) is 12.6 Å². The van der Waals surface area contributed by atoms with Crippen LogP contribution in [0.1, 0.15) is 26.7 Å². The number of allylic oxidation sites excluding steroid dienone is 5. The Bertz CT molecular complexity index is 356. The molecule has 0 radical (unpaired) electrons. The van der Waals surface area contributed by atoms with Crippen LogP contribution in [0.3, 0.4) is 0 Å². The van der Waals surface area contributed by atoms with Crippen molar-refractivity contribution in [3.05, 3.63) is 60.3 Å². The van der Waals surface area contributed by atoms with Crippen molar-refractivity contribution in [1.29, 1.82) is 0 Å². The van der Waals surface area contributed by atoms with Gasteiger partial charge >= 0.3 is 0 Å². The third-order valence-electron chi connectivity index (χ3n) is 2.82. The summed E-state index contributed by atoms with van der Waals surface area (Å²) >= 11 is 0. The van der Waals surface area contributed by atoms with Gasteiger partial charge in [-0.25, -0.2) is 0 Å². The SMILES string of the molecule is C=CC/C=C1/C=CCC1NC/C=C(C)\C=C/C. The summed E-state index contributed by atoms with van der Waals surface area (Å²) in [5.41, 5.74) is 2.70. The Kier molecular flexibility index (Phi) is 6.34. The minimum absolute atomic E-state index is 0.476. The monoisotopic (exact) mass is 229 g/mol. The first kappa shape index (κ1) is 13.7. The fraction of sp³-hybridized carbons (Fsp3) is 0.375.